The molecule has 61 heavy (non-hydrogen) atoms. The van der Waals surface area contributed by atoms with E-state index in [2.05, 4.69) is 0 Å². The van der Waals surface area contributed by atoms with Crippen LogP contribution < -0.4 is 22.9 Å². The number of nitrogens with zero attached hydrogens (tertiary/aromatic N) is 6. The Labute approximate surface area is 358 Å². The molecule has 0 radical (unpaired) electrons. The summed E-state index contributed by atoms with van der Waals surface area (Å²) in [4.78, 5) is 102. The molecule has 0 unspecified atom stereocenters. The van der Waals surface area contributed by atoms with Crippen LogP contribution in [0.5, 0.6) is 0 Å². The molecule has 7 amide bonds. The van der Waals surface area contributed by atoms with E-state index >= 15 is 0 Å². The van der Waals surface area contributed by atoms with Gasteiger partial charge in [0.15, 0.2) is 0 Å². The number of carbonyl (C=O) groups is 7. The van der Waals surface area contributed by atoms with Crippen LogP contribution in [0.1, 0.15) is 42.9 Å². The number of primary amides is 1. The summed E-state index contributed by atoms with van der Waals surface area (Å²) in [5.41, 5.74) is 25.1. The minimum Gasteiger partial charge on any atom is -0.368 e. The third-order valence-electron chi connectivity index (χ3n) is 9.73. The van der Waals surface area contributed by atoms with E-state index in [0.717, 1.165) is 11.1 Å². The third kappa shape index (κ3) is 17.9. The second-order valence-corrected chi connectivity index (χ2v) is 14.7. The third-order valence-corrected chi connectivity index (χ3v) is 9.73. The first-order valence-corrected chi connectivity index (χ1v) is 20.5. The summed E-state index contributed by atoms with van der Waals surface area (Å²) in [6, 6.07) is 27.1. The van der Waals surface area contributed by atoms with E-state index in [0.29, 0.717) is 31.4 Å². The standard InChI is InChI=1S/C44H62N10O7/c1-35(55)49(23-11-20-45)30-42(59)53(27-37-16-7-3-8-17-37)33-40(57)51(25-13-22-47)32-44(61)54(28-38-18-9-4-10-19-38)34-41(58)50(24-12-21-46)31-43(60)52(29-39(48)56)26-36-14-5-2-6-15-36/h2-10,14-19H,11-13,20-34,45-47H2,1H3,(H2,48,56). The van der Waals surface area contributed by atoms with Gasteiger partial charge in [0.25, 0.3) is 0 Å². The highest BCUT2D eigenvalue weighted by Gasteiger charge is 2.29. The second-order valence-electron chi connectivity index (χ2n) is 14.7. The highest BCUT2D eigenvalue weighted by Crippen LogP contribution is 2.12. The molecule has 330 valence electrons. The summed E-state index contributed by atoms with van der Waals surface area (Å²) in [6.07, 6.45) is 1.20. The fraction of sp³-hybridized carbons (Fsp3) is 0.432. The van der Waals surface area contributed by atoms with Crippen molar-refractivity contribution in [1.29, 1.82) is 0 Å². The predicted molar refractivity (Wildman–Crippen MR) is 231 cm³/mol. The van der Waals surface area contributed by atoms with E-state index in [1.54, 1.807) is 48.5 Å². The van der Waals surface area contributed by atoms with Crippen molar-refractivity contribution in [3.05, 3.63) is 108 Å². The lowest BCUT2D eigenvalue weighted by atomic mass is 10.2. The molecule has 0 spiro atoms. The Hall–Kier alpha value is -6.17. The highest BCUT2D eigenvalue weighted by molar-refractivity contribution is 5.92. The first kappa shape index (κ1) is 49.2. The quantitative estimate of drug-likeness (QED) is 0.0808. The Bertz CT molecular complexity index is 1850. The smallest absolute Gasteiger partial charge is 0.242 e. The van der Waals surface area contributed by atoms with Crippen LogP contribution in [-0.2, 0) is 53.2 Å². The zero-order chi connectivity index (χ0) is 44.6. The molecule has 0 aliphatic carbocycles. The van der Waals surface area contributed by atoms with Gasteiger partial charge in [0.2, 0.25) is 41.4 Å². The minimum atomic E-state index is -0.717. The monoisotopic (exact) mass is 842 g/mol. The minimum absolute atomic E-state index is 0.00706. The Morgan fingerprint density at radius 3 is 0.951 bits per heavy atom. The number of amides is 7. The fourth-order valence-corrected chi connectivity index (χ4v) is 6.39. The molecule has 0 aliphatic rings. The lowest BCUT2D eigenvalue weighted by molar-refractivity contribution is -0.148. The van der Waals surface area contributed by atoms with Gasteiger partial charge in [-0.25, -0.2) is 0 Å². The number of hydrogen-bond donors (Lipinski definition) is 4. The van der Waals surface area contributed by atoms with Crippen LogP contribution in [0.2, 0.25) is 0 Å². The number of carbonyl (C=O) groups excluding carboxylic acids is 7. The maximum Gasteiger partial charge on any atom is 0.242 e. The Morgan fingerprint density at radius 1 is 0.393 bits per heavy atom. The Balaban J connectivity index is 1.89. The molecule has 3 aromatic carbocycles. The molecule has 17 heteroatoms. The maximum absolute atomic E-state index is 14.3. The van der Waals surface area contributed by atoms with Gasteiger partial charge >= 0.3 is 0 Å². The van der Waals surface area contributed by atoms with Gasteiger partial charge in [-0.05, 0) is 55.6 Å². The summed E-state index contributed by atoms with van der Waals surface area (Å²) >= 11 is 0. The number of hydrogen-bond acceptors (Lipinski definition) is 10. The molecule has 0 atom stereocenters. The molecular formula is C44H62N10O7. The molecule has 3 aromatic rings. The van der Waals surface area contributed by atoms with Gasteiger partial charge in [-0.2, -0.15) is 0 Å². The largest absolute Gasteiger partial charge is 0.368 e. The summed E-state index contributed by atoms with van der Waals surface area (Å²) in [7, 11) is 0. The Kier molecular flexibility index (Phi) is 21.6. The van der Waals surface area contributed by atoms with E-state index in [-0.39, 0.29) is 71.4 Å². The Morgan fingerprint density at radius 2 is 0.656 bits per heavy atom. The van der Waals surface area contributed by atoms with Crippen LogP contribution in [0.25, 0.3) is 0 Å². The topological polar surface area (TPSA) is 243 Å². The van der Waals surface area contributed by atoms with Gasteiger partial charge in [-0.1, -0.05) is 91.0 Å². The van der Waals surface area contributed by atoms with Crippen molar-refractivity contribution in [3.63, 3.8) is 0 Å². The van der Waals surface area contributed by atoms with Crippen LogP contribution in [0, 0.1) is 0 Å². The molecule has 0 heterocycles. The predicted octanol–water partition coefficient (Wildman–Crippen LogP) is 0.110. The molecular weight excluding hydrogens is 781 g/mol. The average Bonchev–Trinajstić information content (AvgIpc) is 3.25. The van der Waals surface area contributed by atoms with Crippen molar-refractivity contribution < 1.29 is 33.6 Å². The van der Waals surface area contributed by atoms with Gasteiger partial charge in [0.05, 0.1) is 26.2 Å². The van der Waals surface area contributed by atoms with Crippen molar-refractivity contribution >= 4 is 41.4 Å². The molecule has 0 aliphatic heterocycles. The molecule has 8 N–H and O–H groups in total. The number of rotatable bonds is 27. The normalized spacial score (nSPS) is 10.7. The van der Waals surface area contributed by atoms with Gasteiger partial charge in [-0.3, -0.25) is 33.6 Å². The van der Waals surface area contributed by atoms with Crippen molar-refractivity contribution in [3.8, 4) is 0 Å². The number of benzene rings is 3. The lowest BCUT2D eigenvalue weighted by Gasteiger charge is -2.32. The highest BCUT2D eigenvalue weighted by atomic mass is 16.2. The summed E-state index contributed by atoms with van der Waals surface area (Å²) < 4.78 is 0. The maximum atomic E-state index is 14.3. The van der Waals surface area contributed by atoms with Gasteiger partial charge < -0.3 is 52.3 Å². The second kappa shape index (κ2) is 26.8. The molecule has 0 aromatic heterocycles. The van der Waals surface area contributed by atoms with Crippen LogP contribution >= 0.6 is 0 Å². The molecule has 0 saturated heterocycles. The summed E-state index contributed by atoms with van der Waals surface area (Å²) in [6.45, 7) is 0.456. The van der Waals surface area contributed by atoms with Crippen molar-refractivity contribution in [2.45, 2.75) is 45.8 Å². The van der Waals surface area contributed by atoms with Crippen molar-refractivity contribution in [2.75, 3.05) is 78.5 Å². The van der Waals surface area contributed by atoms with Crippen LogP contribution in [0.3, 0.4) is 0 Å². The first-order valence-electron chi connectivity index (χ1n) is 20.5. The van der Waals surface area contributed by atoms with E-state index in [1.165, 1.54) is 36.3 Å². The molecule has 3 rings (SSSR count). The van der Waals surface area contributed by atoms with Gasteiger partial charge in [-0.15, -0.1) is 0 Å². The van der Waals surface area contributed by atoms with Crippen LogP contribution in [0.4, 0.5) is 0 Å². The molecule has 17 nitrogen and oxygen atoms in total. The molecule has 0 saturated carbocycles. The SMILES string of the molecule is CC(=O)N(CCCN)CC(=O)N(CC(=O)N(CCCN)CC(=O)N(CC(=O)N(CCCN)CC(=O)N(CC(N)=O)Cc1ccccc1)Cc1ccccc1)Cc1ccccc1. The fourth-order valence-electron chi connectivity index (χ4n) is 6.39. The van der Waals surface area contributed by atoms with E-state index in [4.69, 9.17) is 22.9 Å². The van der Waals surface area contributed by atoms with E-state index < -0.39 is 61.6 Å². The summed E-state index contributed by atoms with van der Waals surface area (Å²) in [5.74, 6) is -3.64. The van der Waals surface area contributed by atoms with Crippen molar-refractivity contribution in [2.24, 2.45) is 22.9 Å². The molecule has 0 fully saturated rings. The van der Waals surface area contributed by atoms with Crippen LogP contribution in [-0.4, -0.2) is 149 Å². The first-order chi connectivity index (χ1) is 29.3. The molecule has 0 bridgehead atoms. The zero-order valence-corrected chi connectivity index (χ0v) is 35.2. The number of nitrogens with two attached hydrogens (primary N) is 4. The lowest BCUT2D eigenvalue weighted by Crippen LogP contribution is -2.51. The summed E-state index contributed by atoms with van der Waals surface area (Å²) in [5, 5.41) is 0. The van der Waals surface area contributed by atoms with Gasteiger partial charge in [0, 0.05) is 46.2 Å². The van der Waals surface area contributed by atoms with Crippen molar-refractivity contribution in [1.82, 2.24) is 29.4 Å². The van der Waals surface area contributed by atoms with Gasteiger partial charge in [0.1, 0.15) is 13.1 Å². The van der Waals surface area contributed by atoms with E-state index in [9.17, 15) is 33.6 Å². The van der Waals surface area contributed by atoms with Crippen LogP contribution in [0.15, 0.2) is 91.0 Å². The average molecular weight is 843 g/mol. The zero-order valence-electron chi connectivity index (χ0n) is 35.2. The van der Waals surface area contributed by atoms with E-state index in [1.807, 2.05) is 42.5 Å².